The minimum Gasteiger partial charge on any atom is -0.336 e. The fourth-order valence-corrected chi connectivity index (χ4v) is 4.22. The Kier molecular flexibility index (Phi) is 3.78. The lowest BCUT2D eigenvalue weighted by Crippen LogP contribution is -2.24. The molecular weight excluding hydrogens is 310 g/mol. The predicted octanol–water partition coefficient (Wildman–Crippen LogP) is 4.89. The molecule has 2 nitrogen and oxygen atoms in total. The molecule has 0 fully saturated rings. The van der Waals surface area contributed by atoms with Crippen LogP contribution in [0.3, 0.4) is 0 Å². The van der Waals surface area contributed by atoms with Gasteiger partial charge in [-0.15, -0.1) is 22.7 Å². The minimum atomic E-state index is 0.0516. The van der Waals surface area contributed by atoms with Crippen LogP contribution in [0.2, 0.25) is 4.34 Å². The van der Waals surface area contributed by atoms with Gasteiger partial charge in [0.15, 0.2) is 0 Å². The van der Waals surface area contributed by atoms with E-state index in [1.807, 2.05) is 49.5 Å². The molecule has 0 aliphatic heterocycles. The van der Waals surface area contributed by atoms with Gasteiger partial charge in [0.25, 0.3) is 5.91 Å². The highest BCUT2D eigenvalue weighted by Crippen LogP contribution is 2.27. The maximum Gasteiger partial charge on any atom is 0.264 e. The molecule has 2 heterocycles. The number of fused-ring (bicyclic) bond motifs is 1. The summed E-state index contributed by atoms with van der Waals surface area (Å²) in [4.78, 5) is 16.0. The molecule has 0 aliphatic carbocycles. The van der Waals surface area contributed by atoms with Gasteiger partial charge in [0, 0.05) is 16.6 Å². The number of hydrogen-bond donors (Lipinski definition) is 0. The molecule has 0 N–H and O–H groups in total. The number of hydrogen-bond acceptors (Lipinski definition) is 3. The molecule has 2 aromatic heterocycles. The average Bonchev–Trinajstić information content (AvgIpc) is 3.03. The maximum absolute atomic E-state index is 12.4. The van der Waals surface area contributed by atoms with Crippen LogP contribution in [-0.4, -0.2) is 17.9 Å². The van der Waals surface area contributed by atoms with E-state index in [0.29, 0.717) is 6.54 Å². The molecule has 0 radical (unpaired) electrons. The zero-order valence-electron chi connectivity index (χ0n) is 10.8. The van der Waals surface area contributed by atoms with Gasteiger partial charge in [0.1, 0.15) is 0 Å². The number of nitrogens with zero attached hydrogens (tertiary/aromatic N) is 1. The second-order valence-corrected chi connectivity index (χ2v) is 7.40. The van der Waals surface area contributed by atoms with Gasteiger partial charge in [-0.2, -0.15) is 0 Å². The summed E-state index contributed by atoms with van der Waals surface area (Å²) in [5.41, 5.74) is 0. The Hall–Kier alpha value is -1.36. The Morgan fingerprint density at radius 1 is 1.20 bits per heavy atom. The highest BCUT2D eigenvalue weighted by molar-refractivity contribution is 7.20. The molecular formula is C15H12ClNOS2. The van der Waals surface area contributed by atoms with Crippen LogP contribution in [0.4, 0.5) is 0 Å². The highest BCUT2D eigenvalue weighted by atomic mass is 35.5. The van der Waals surface area contributed by atoms with Gasteiger partial charge in [-0.3, -0.25) is 4.79 Å². The molecule has 1 amide bonds. The monoisotopic (exact) mass is 321 g/mol. The lowest BCUT2D eigenvalue weighted by molar-refractivity contribution is 0.0791. The van der Waals surface area contributed by atoms with E-state index >= 15 is 0 Å². The van der Waals surface area contributed by atoms with Crippen LogP contribution in [0.1, 0.15) is 14.5 Å². The van der Waals surface area contributed by atoms with E-state index in [1.54, 1.807) is 4.90 Å². The smallest absolute Gasteiger partial charge is 0.264 e. The second-order valence-electron chi connectivity index (χ2n) is 4.52. The van der Waals surface area contributed by atoms with E-state index in [1.165, 1.54) is 22.7 Å². The summed E-state index contributed by atoms with van der Waals surface area (Å²) in [6.45, 7) is 0.588. The molecule has 20 heavy (non-hydrogen) atoms. The molecule has 1 aromatic carbocycles. The summed E-state index contributed by atoms with van der Waals surface area (Å²) >= 11 is 8.96. The van der Waals surface area contributed by atoms with Crippen molar-refractivity contribution < 1.29 is 4.79 Å². The fraction of sp³-hybridized carbons (Fsp3) is 0.133. The lowest BCUT2D eigenvalue weighted by Gasteiger charge is -2.14. The molecule has 0 atom stereocenters. The molecule has 102 valence electrons. The first-order valence-electron chi connectivity index (χ1n) is 6.12. The Morgan fingerprint density at radius 3 is 2.70 bits per heavy atom. The van der Waals surface area contributed by atoms with Crippen molar-refractivity contribution in [3.63, 3.8) is 0 Å². The zero-order chi connectivity index (χ0) is 14.1. The summed E-state index contributed by atoms with van der Waals surface area (Å²) in [7, 11) is 1.82. The van der Waals surface area contributed by atoms with Crippen LogP contribution in [0.25, 0.3) is 10.1 Å². The second kappa shape index (κ2) is 5.56. The van der Waals surface area contributed by atoms with Crippen molar-refractivity contribution in [3.8, 4) is 0 Å². The van der Waals surface area contributed by atoms with Gasteiger partial charge in [-0.25, -0.2) is 0 Å². The molecule has 0 unspecified atom stereocenters. The predicted molar refractivity (Wildman–Crippen MR) is 87.0 cm³/mol. The molecule has 3 aromatic rings. The number of amides is 1. The first-order chi connectivity index (χ1) is 9.63. The average molecular weight is 322 g/mol. The molecule has 0 saturated heterocycles. The first-order valence-corrected chi connectivity index (χ1v) is 8.13. The quantitative estimate of drug-likeness (QED) is 0.672. The van der Waals surface area contributed by atoms with E-state index in [2.05, 4.69) is 0 Å². The van der Waals surface area contributed by atoms with Crippen molar-refractivity contribution in [2.75, 3.05) is 7.05 Å². The molecule has 5 heteroatoms. The summed E-state index contributed by atoms with van der Waals surface area (Å²) in [6, 6.07) is 13.8. The van der Waals surface area contributed by atoms with Gasteiger partial charge in [-0.05, 0) is 29.7 Å². The van der Waals surface area contributed by atoms with Gasteiger partial charge in [-0.1, -0.05) is 29.8 Å². The summed E-state index contributed by atoms with van der Waals surface area (Å²) < 4.78 is 1.89. The van der Waals surface area contributed by atoms with Gasteiger partial charge < -0.3 is 4.90 Å². The van der Waals surface area contributed by atoms with E-state index in [-0.39, 0.29) is 5.91 Å². The van der Waals surface area contributed by atoms with Crippen LogP contribution >= 0.6 is 34.3 Å². The van der Waals surface area contributed by atoms with E-state index < -0.39 is 0 Å². The molecule has 0 bridgehead atoms. The zero-order valence-corrected chi connectivity index (χ0v) is 13.2. The number of thiophene rings is 2. The summed E-state index contributed by atoms with van der Waals surface area (Å²) in [5.74, 6) is 0.0516. The molecule has 0 saturated carbocycles. The topological polar surface area (TPSA) is 20.3 Å². The largest absolute Gasteiger partial charge is 0.336 e. The Bertz CT molecular complexity index is 729. The lowest BCUT2D eigenvalue weighted by atomic mass is 10.2. The third kappa shape index (κ3) is 2.73. The summed E-state index contributed by atoms with van der Waals surface area (Å²) in [6.07, 6.45) is 0. The van der Waals surface area contributed by atoms with Crippen LogP contribution in [0.15, 0.2) is 42.5 Å². The van der Waals surface area contributed by atoms with Gasteiger partial charge >= 0.3 is 0 Å². The Morgan fingerprint density at radius 2 is 2.00 bits per heavy atom. The summed E-state index contributed by atoms with van der Waals surface area (Å²) in [5, 5.41) is 1.12. The SMILES string of the molecule is CN(Cc1ccc(Cl)s1)C(=O)c1cc2ccccc2s1. The third-order valence-electron chi connectivity index (χ3n) is 3.00. The van der Waals surface area contributed by atoms with E-state index in [0.717, 1.165) is 24.2 Å². The van der Waals surface area contributed by atoms with Crippen molar-refractivity contribution in [2.45, 2.75) is 6.54 Å². The van der Waals surface area contributed by atoms with E-state index in [9.17, 15) is 4.79 Å². The van der Waals surface area contributed by atoms with Crippen LogP contribution < -0.4 is 0 Å². The fourth-order valence-electron chi connectivity index (χ4n) is 2.02. The Balaban J connectivity index is 1.80. The van der Waals surface area contributed by atoms with Crippen molar-refractivity contribution in [1.29, 1.82) is 0 Å². The van der Waals surface area contributed by atoms with E-state index in [4.69, 9.17) is 11.6 Å². The maximum atomic E-state index is 12.4. The normalized spacial score (nSPS) is 10.9. The van der Waals surface area contributed by atoms with Crippen molar-refractivity contribution in [2.24, 2.45) is 0 Å². The minimum absolute atomic E-state index is 0.0516. The molecule has 0 aliphatic rings. The number of benzene rings is 1. The number of rotatable bonds is 3. The standard InChI is InChI=1S/C15H12ClNOS2/c1-17(9-11-6-7-14(16)19-11)15(18)13-8-10-4-2-3-5-12(10)20-13/h2-8H,9H2,1H3. The van der Waals surface area contributed by atoms with Gasteiger partial charge in [0.05, 0.1) is 15.8 Å². The number of carbonyl (C=O) groups excluding carboxylic acids is 1. The van der Waals surface area contributed by atoms with Crippen LogP contribution in [-0.2, 0) is 6.54 Å². The first kappa shape index (κ1) is 13.6. The van der Waals surface area contributed by atoms with Crippen molar-refractivity contribution in [1.82, 2.24) is 4.90 Å². The molecule has 0 spiro atoms. The van der Waals surface area contributed by atoms with Gasteiger partial charge in [0.2, 0.25) is 0 Å². The van der Waals surface area contributed by atoms with Crippen molar-refractivity contribution in [3.05, 3.63) is 56.6 Å². The van der Waals surface area contributed by atoms with Crippen molar-refractivity contribution >= 4 is 50.3 Å². The highest BCUT2D eigenvalue weighted by Gasteiger charge is 2.15. The third-order valence-corrected chi connectivity index (χ3v) is 5.32. The number of carbonyl (C=O) groups is 1. The number of halogens is 1. The molecule has 3 rings (SSSR count). The Labute approximate surface area is 130 Å². The van der Waals surface area contributed by atoms with Crippen LogP contribution in [0.5, 0.6) is 0 Å². The van der Waals surface area contributed by atoms with Crippen LogP contribution in [0, 0.1) is 0 Å².